The second-order valence-corrected chi connectivity index (χ2v) is 5.87. The number of fused-ring (bicyclic) bond motifs is 1. The summed E-state index contributed by atoms with van der Waals surface area (Å²) in [5, 5.41) is 2.53. The van der Waals surface area contributed by atoms with E-state index in [0.29, 0.717) is 6.10 Å². The molecule has 1 heterocycles. The van der Waals surface area contributed by atoms with Crippen molar-refractivity contribution >= 4 is 10.8 Å². The Balaban J connectivity index is 1.70. The zero-order valence-corrected chi connectivity index (χ0v) is 12.7. The molecule has 0 bridgehead atoms. The molecule has 112 valence electrons. The van der Waals surface area contributed by atoms with E-state index in [4.69, 9.17) is 10.5 Å². The van der Waals surface area contributed by atoms with Crippen LogP contribution in [0.1, 0.15) is 24.9 Å². The molecular formula is C18H24N2O. The Labute approximate surface area is 126 Å². The van der Waals surface area contributed by atoms with Crippen molar-refractivity contribution in [3.63, 3.8) is 0 Å². The Morgan fingerprint density at radius 1 is 1.24 bits per heavy atom. The lowest BCUT2D eigenvalue weighted by molar-refractivity contribution is -0.0312. The maximum atomic E-state index is 6.42. The highest BCUT2D eigenvalue weighted by Gasteiger charge is 2.21. The molecule has 0 saturated carbocycles. The maximum Gasteiger partial charge on any atom is 0.0700 e. The average Bonchev–Trinajstić information content (AvgIpc) is 2.54. The lowest BCUT2D eigenvalue weighted by atomic mass is 10.0. The van der Waals surface area contributed by atoms with Crippen LogP contribution >= 0.6 is 0 Å². The quantitative estimate of drug-likeness (QED) is 0.938. The van der Waals surface area contributed by atoms with Gasteiger partial charge >= 0.3 is 0 Å². The third kappa shape index (κ3) is 3.43. The van der Waals surface area contributed by atoms with Crippen molar-refractivity contribution < 1.29 is 4.74 Å². The van der Waals surface area contributed by atoms with Gasteiger partial charge in [0.05, 0.1) is 12.7 Å². The Morgan fingerprint density at radius 2 is 2.05 bits per heavy atom. The van der Waals surface area contributed by atoms with Gasteiger partial charge in [0.2, 0.25) is 0 Å². The SMILES string of the molecule is CCC1CN(CC(N)c2ccc3ccccc3c2)CCO1. The van der Waals surface area contributed by atoms with E-state index in [1.54, 1.807) is 0 Å². The van der Waals surface area contributed by atoms with Gasteiger partial charge in [-0.05, 0) is 28.8 Å². The number of benzene rings is 2. The predicted octanol–water partition coefficient (Wildman–Crippen LogP) is 2.95. The lowest BCUT2D eigenvalue weighted by Crippen LogP contribution is -2.44. The molecule has 2 N–H and O–H groups in total. The Kier molecular flexibility index (Phi) is 4.54. The predicted molar refractivity (Wildman–Crippen MR) is 87.3 cm³/mol. The minimum Gasteiger partial charge on any atom is -0.376 e. The standard InChI is InChI=1S/C18H24N2O/c1-2-17-12-20(9-10-21-17)13-18(19)16-8-7-14-5-3-4-6-15(14)11-16/h3-8,11,17-18H,2,9-10,12-13,19H2,1H3. The minimum atomic E-state index is 0.0604. The highest BCUT2D eigenvalue weighted by atomic mass is 16.5. The van der Waals surface area contributed by atoms with E-state index in [-0.39, 0.29) is 6.04 Å². The molecule has 0 amide bonds. The second kappa shape index (κ2) is 6.56. The summed E-state index contributed by atoms with van der Waals surface area (Å²) in [5.74, 6) is 0. The van der Waals surface area contributed by atoms with Crippen LogP contribution in [0.25, 0.3) is 10.8 Å². The Bertz CT molecular complexity index is 599. The zero-order valence-electron chi connectivity index (χ0n) is 12.7. The van der Waals surface area contributed by atoms with Gasteiger partial charge in [-0.25, -0.2) is 0 Å². The van der Waals surface area contributed by atoms with Crippen LogP contribution in [0.2, 0.25) is 0 Å². The number of nitrogens with two attached hydrogens (primary N) is 1. The van der Waals surface area contributed by atoms with Gasteiger partial charge in [0.1, 0.15) is 0 Å². The summed E-state index contributed by atoms with van der Waals surface area (Å²) in [5.41, 5.74) is 7.64. The van der Waals surface area contributed by atoms with Crippen molar-refractivity contribution in [1.82, 2.24) is 4.90 Å². The fourth-order valence-corrected chi connectivity index (χ4v) is 3.02. The first-order chi connectivity index (χ1) is 10.3. The molecular weight excluding hydrogens is 260 g/mol. The van der Waals surface area contributed by atoms with Gasteiger partial charge in [-0.3, -0.25) is 4.90 Å². The fourth-order valence-electron chi connectivity index (χ4n) is 3.02. The van der Waals surface area contributed by atoms with Crippen LogP contribution in [0, 0.1) is 0 Å². The third-order valence-electron chi connectivity index (χ3n) is 4.33. The molecule has 1 saturated heterocycles. The molecule has 2 unspecified atom stereocenters. The number of rotatable bonds is 4. The summed E-state index contributed by atoms with van der Waals surface area (Å²) in [6, 6.07) is 15.0. The summed E-state index contributed by atoms with van der Waals surface area (Å²) >= 11 is 0. The van der Waals surface area contributed by atoms with E-state index in [9.17, 15) is 0 Å². The van der Waals surface area contributed by atoms with Crippen molar-refractivity contribution in [2.45, 2.75) is 25.5 Å². The van der Waals surface area contributed by atoms with Crippen LogP contribution in [0.3, 0.4) is 0 Å². The molecule has 3 rings (SSSR count). The van der Waals surface area contributed by atoms with Gasteiger partial charge in [-0.2, -0.15) is 0 Å². The highest BCUT2D eigenvalue weighted by molar-refractivity contribution is 5.83. The fraction of sp³-hybridized carbons (Fsp3) is 0.444. The summed E-state index contributed by atoms with van der Waals surface area (Å²) in [4.78, 5) is 2.43. The zero-order chi connectivity index (χ0) is 14.7. The third-order valence-corrected chi connectivity index (χ3v) is 4.33. The van der Waals surface area contributed by atoms with Gasteiger partial charge in [-0.15, -0.1) is 0 Å². The largest absolute Gasteiger partial charge is 0.376 e. The first-order valence-corrected chi connectivity index (χ1v) is 7.84. The maximum absolute atomic E-state index is 6.42. The van der Waals surface area contributed by atoms with E-state index >= 15 is 0 Å². The minimum absolute atomic E-state index is 0.0604. The number of nitrogens with zero attached hydrogens (tertiary/aromatic N) is 1. The van der Waals surface area contributed by atoms with Crippen molar-refractivity contribution in [2.24, 2.45) is 5.73 Å². The molecule has 1 aliphatic heterocycles. The molecule has 3 nitrogen and oxygen atoms in total. The van der Waals surface area contributed by atoms with Crippen LogP contribution in [0.15, 0.2) is 42.5 Å². The summed E-state index contributed by atoms with van der Waals surface area (Å²) in [6.45, 7) is 5.88. The van der Waals surface area contributed by atoms with Gasteiger partial charge in [-0.1, -0.05) is 43.3 Å². The molecule has 0 spiro atoms. The lowest BCUT2D eigenvalue weighted by Gasteiger charge is -2.34. The van der Waals surface area contributed by atoms with E-state index in [0.717, 1.165) is 32.7 Å². The van der Waals surface area contributed by atoms with E-state index in [1.807, 2.05) is 0 Å². The number of ether oxygens (including phenoxy) is 1. The molecule has 0 radical (unpaired) electrons. The molecule has 2 atom stereocenters. The normalized spacial score (nSPS) is 21.5. The van der Waals surface area contributed by atoms with Crippen molar-refractivity contribution in [3.05, 3.63) is 48.0 Å². The first-order valence-electron chi connectivity index (χ1n) is 7.84. The molecule has 2 aromatic carbocycles. The Hall–Kier alpha value is -1.42. The van der Waals surface area contributed by atoms with Crippen LogP contribution in [-0.4, -0.2) is 37.2 Å². The molecule has 21 heavy (non-hydrogen) atoms. The van der Waals surface area contributed by atoms with Crippen molar-refractivity contribution in [3.8, 4) is 0 Å². The molecule has 0 aliphatic carbocycles. The smallest absolute Gasteiger partial charge is 0.0700 e. The molecule has 0 aromatic heterocycles. The van der Waals surface area contributed by atoms with Crippen LogP contribution in [0.5, 0.6) is 0 Å². The van der Waals surface area contributed by atoms with Crippen LogP contribution in [-0.2, 0) is 4.74 Å². The van der Waals surface area contributed by atoms with Crippen molar-refractivity contribution in [1.29, 1.82) is 0 Å². The van der Waals surface area contributed by atoms with E-state index < -0.39 is 0 Å². The monoisotopic (exact) mass is 284 g/mol. The Morgan fingerprint density at radius 3 is 2.86 bits per heavy atom. The molecule has 2 aromatic rings. The van der Waals surface area contributed by atoms with Crippen LogP contribution in [0.4, 0.5) is 0 Å². The number of hydrogen-bond acceptors (Lipinski definition) is 3. The van der Waals surface area contributed by atoms with Crippen molar-refractivity contribution in [2.75, 3.05) is 26.2 Å². The van der Waals surface area contributed by atoms with E-state index in [1.165, 1.54) is 16.3 Å². The van der Waals surface area contributed by atoms with Gasteiger partial charge in [0.25, 0.3) is 0 Å². The van der Waals surface area contributed by atoms with Gasteiger partial charge < -0.3 is 10.5 Å². The summed E-state index contributed by atoms with van der Waals surface area (Å²) < 4.78 is 5.72. The molecule has 1 aliphatic rings. The van der Waals surface area contributed by atoms with E-state index in [2.05, 4.69) is 54.3 Å². The van der Waals surface area contributed by atoms with Gasteiger partial charge in [0, 0.05) is 25.7 Å². The molecule has 1 fully saturated rings. The topological polar surface area (TPSA) is 38.5 Å². The van der Waals surface area contributed by atoms with Crippen LogP contribution < -0.4 is 5.73 Å². The molecule has 3 heteroatoms. The second-order valence-electron chi connectivity index (χ2n) is 5.87. The first kappa shape index (κ1) is 14.5. The summed E-state index contributed by atoms with van der Waals surface area (Å²) in [6.07, 6.45) is 1.43. The average molecular weight is 284 g/mol. The highest BCUT2D eigenvalue weighted by Crippen LogP contribution is 2.20. The number of morpholine rings is 1. The van der Waals surface area contributed by atoms with Gasteiger partial charge in [0.15, 0.2) is 0 Å². The summed E-state index contributed by atoms with van der Waals surface area (Å²) in [7, 11) is 0. The number of hydrogen-bond donors (Lipinski definition) is 1.